The highest BCUT2D eigenvalue weighted by atomic mass is 35.5. The Bertz CT molecular complexity index is 578. The summed E-state index contributed by atoms with van der Waals surface area (Å²) in [7, 11) is 1.59. The lowest BCUT2D eigenvalue weighted by molar-refractivity contribution is 0.402. The Morgan fingerprint density at radius 2 is 2.05 bits per heavy atom. The molecule has 1 aromatic carbocycles. The van der Waals surface area contributed by atoms with Gasteiger partial charge in [0.25, 0.3) is 0 Å². The van der Waals surface area contributed by atoms with Gasteiger partial charge < -0.3 is 4.74 Å². The van der Waals surface area contributed by atoms with Crippen LogP contribution in [0.1, 0.15) is 17.2 Å². The van der Waals surface area contributed by atoms with Crippen molar-refractivity contribution in [3.8, 4) is 5.75 Å². The van der Waals surface area contributed by atoms with Crippen molar-refractivity contribution >= 4 is 23.2 Å². The van der Waals surface area contributed by atoms with Gasteiger partial charge in [0.1, 0.15) is 5.75 Å². The third kappa shape index (κ3) is 2.98. The van der Waals surface area contributed by atoms with Crippen molar-refractivity contribution in [2.45, 2.75) is 6.04 Å². The van der Waals surface area contributed by atoms with E-state index in [1.54, 1.807) is 31.6 Å². The Balaban J connectivity index is 2.46. The molecule has 1 aromatic heterocycles. The lowest BCUT2D eigenvalue weighted by Crippen LogP contribution is -2.29. The number of ether oxygens (including phenoxy) is 1. The number of nitrogens with two attached hydrogens (primary N) is 1. The van der Waals surface area contributed by atoms with Gasteiger partial charge in [0.05, 0.1) is 29.4 Å². The third-order valence-electron chi connectivity index (χ3n) is 2.79. The number of nitrogens with zero attached hydrogens (tertiary/aromatic N) is 1. The van der Waals surface area contributed by atoms with Crippen molar-refractivity contribution in [1.29, 1.82) is 0 Å². The maximum absolute atomic E-state index is 6.03. The van der Waals surface area contributed by atoms with E-state index in [1.165, 1.54) is 0 Å². The number of hydrogen-bond donors (Lipinski definition) is 2. The summed E-state index contributed by atoms with van der Waals surface area (Å²) in [5, 5.41) is 0.982. The second-order valence-electron chi connectivity index (χ2n) is 3.89. The summed E-state index contributed by atoms with van der Waals surface area (Å²) in [6.45, 7) is 0. The summed E-state index contributed by atoms with van der Waals surface area (Å²) in [6, 6.07) is 6.95. The van der Waals surface area contributed by atoms with Gasteiger partial charge in [-0.15, -0.1) is 0 Å². The number of rotatable bonds is 4. The van der Waals surface area contributed by atoms with E-state index in [9.17, 15) is 0 Å². The van der Waals surface area contributed by atoms with Gasteiger partial charge in [-0.3, -0.25) is 10.8 Å². The van der Waals surface area contributed by atoms with Gasteiger partial charge in [-0.25, -0.2) is 5.43 Å². The predicted octanol–water partition coefficient (Wildman–Crippen LogP) is 2.95. The smallest absolute Gasteiger partial charge is 0.142 e. The zero-order chi connectivity index (χ0) is 13.8. The molecule has 0 aliphatic rings. The highest BCUT2D eigenvalue weighted by Gasteiger charge is 2.17. The molecule has 0 saturated heterocycles. The average molecular weight is 298 g/mol. The Kier molecular flexibility index (Phi) is 4.61. The van der Waals surface area contributed by atoms with Crippen molar-refractivity contribution in [3.05, 3.63) is 57.8 Å². The molecule has 100 valence electrons. The van der Waals surface area contributed by atoms with Crippen LogP contribution in [0.15, 0.2) is 36.7 Å². The second-order valence-corrected chi connectivity index (χ2v) is 4.71. The van der Waals surface area contributed by atoms with Gasteiger partial charge in [0, 0.05) is 11.8 Å². The molecule has 0 saturated carbocycles. The summed E-state index contributed by atoms with van der Waals surface area (Å²) in [5.41, 5.74) is 4.51. The van der Waals surface area contributed by atoms with E-state index in [0.29, 0.717) is 15.8 Å². The molecule has 19 heavy (non-hydrogen) atoms. The van der Waals surface area contributed by atoms with Crippen molar-refractivity contribution in [3.63, 3.8) is 0 Å². The largest absolute Gasteiger partial charge is 0.495 e. The van der Waals surface area contributed by atoms with Gasteiger partial charge in [-0.05, 0) is 23.8 Å². The number of hydrogen-bond acceptors (Lipinski definition) is 4. The van der Waals surface area contributed by atoms with Crippen LogP contribution in [0, 0.1) is 0 Å². The average Bonchev–Trinajstić information content (AvgIpc) is 2.44. The molecule has 3 N–H and O–H groups in total. The topological polar surface area (TPSA) is 60.2 Å². The van der Waals surface area contributed by atoms with Crippen LogP contribution in [0.4, 0.5) is 0 Å². The highest BCUT2D eigenvalue weighted by molar-refractivity contribution is 6.42. The van der Waals surface area contributed by atoms with E-state index in [0.717, 1.165) is 11.1 Å². The molecule has 1 heterocycles. The van der Waals surface area contributed by atoms with E-state index in [4.69, 9.17) is 33.8 Å². The number of aromatic nitrogens is 1. The number of methoxy groups -OCH3 is 1. The first-order chi connectivity index (χ1) is 9.17. The van der Waals surface area contributed by atoms with Crippen molar-refractivity contribution in [2.24, 2.45) is 5.84 Å². The lowest BCUT2D eigenvalue weighted by Gasteiger charge is -2.19. The molecule has 1 unspecified atom stereocenters. The normalized spacial score (nSPS) is 12.2. The van der Waals surface area contributed by atoms with Gasteiger partial charge in [0.15, 0.2) is 0 Å². The molecule has 0 spiro atoms. The van der Waals surface area contributed by atoms with Crippen LogP contribution in [0.2, 0.25) is 10.0 Å². The number of benzene rings is 1. The standard InChI is InChI=1S/C13H13Cl2N3O/c1-19-12-7-17-5-4-9(12)13(18-16)8-2-3-10(14)11(15)6-8/h2-7,13,18H,16H2,1H3. The summed E-state index contributed by atoms with van der Waals surface area (Å²) in [6.07, 6.45) is 3.32. The number of halogens is 2. The Labute approximate surface area is 121 Å². The SMILES string of the molecule is COc1cnccc1C(NN)c1ccc(Cl)c(Cl)c1. The van der Waals surface area contributed by atoms with Gasteiger partial charge in [-0.2, -0.15) is 0 Å². The summed E-state index contributed by atoms with van der Waals surface area (Å²) >= 11 is 11.9. The number of hydrazine groups is 1. The van der Waals surface area contributed by atoms with Gasteiger partial charge in [0.2, 0.25) is 0 Å². The van der Waals surface area contributed by atoms with Crippen LogP contribution in [0.5, 0.6) is 5.75 Å². The first kappa shape index (κ1) is 14.1. The molecular formula is C13H13Cl2N3O. The second kappa shape index (κ2) is 6.21. The minimum absolute atomic E-state index is 0.257. The molecule has 6 heteroatoms. The van der Waals surface area contributed by atoms with Crippen molar-refractivity contribution in [1.82, 2.24) is 10.4 Å². The Morgan fingerprint density at radius 3 is 2.68 bits per heavy atom. The van der Waals surface area contributed by atoms with Crippen LogP contribution < -0.4 is 16.0 Å². The minimum Gasteiger partial charge on any atom is -0.495 e. The first-order valence-electron chi connectivity index (χ1n) is 5.56. The fourth-order valence-corrected chi connectivity index (χ4v) is 2.16. The van der Waals surface area contributed by atoms with E-state index in [1.807, 2.05) is 12.1 Å². The molecule has 4 nitrogen and oxygen atoms in total. The quantitative estimate of drug-likeness (QED) is 0.673. The summed E-state index contributed by atoms with van der Waals surface area (Å²) in [5.74, 6) is 6.30. The van der Waals surface area contributed by atoms with E-state index >= 15 is 0 Å². The van der Waals surface area contributed by atoms with Crippen LogP contribution in [-0.2, 0) is 0 Å². The van der Waals surface area contributed by atoms with Crippen LogP contribution in [-0.4, -0.2) is 12.1 Å². The number of nitrogens with one attached hydrogen (secondary N) is 1. The maximum Gasteiger partial charge on any atom is 0.142 e. The lowest BCUT2D eigenvalue weighted by atomic mass is 9.99. The van der Waals surface area contributed by atoms with Gasteiger partial charge >= 0.3 is 0 Å². The molecule has 0 radical (unpaired) electrons. The molecular weight excluding hydrogens is 285 g/mol. The summed E-state index contributed by atoms with van der Waals surface area (Å²) in [4.78, 5) is 4.02. The fourth-order valence-electron chi connectivity index (χ4n) is 1.86. The summed E-state index contributed by atoms with van der Waals surface area (Å²) < 4.78 is 5.29. The maximum atomic E-state index is 6.03. The van der Waals surface area contributed by atoms with Crippen LogP contribution in [0.3, 0.4) is 0 Å². The van der Waals surface area contributed by atoms with Crippen LogP contribution >= 0.6 is 23.2 Å². The van der Waals surface area contributed by atoms with E-state index < -0.39 is 0 Å². The highest BCUT2D eigenvalue weighted by Crippen LogP contribution is 2.32. The fraction of sp³-hybridized carbons (Fsp3) is 0.154. The molecule has 0 aliphatic carbocycles. The van der Waals surface area contributed by atoms with Crippen molar-refractivity contribution in [2.75, 3.05) is 7.11 Å². The monoisotopic (exact) mass is 297 g/mol. The Hall–Kier alpha value is -1.33. The molecule has 2 aromatic rings. The minimum atomic E-state index is -0.257. The van der Waals surface area contributed by atoms with Crippen LogP contribution in [0.25, 0.3) is 0 Å². The molecule has 2 rings (SSSR count). The molecule has 1 atom stereocenters. The molecule has 0 amide bonds. The zero-order valence-electron chi connectivity index (χ0n) is 10.2. The molecule has 0 aliphatic heterocycles. The predicted molar refractivity (Wildman–Crippen MR) is 76.4 cm³/mol. The van der Waals surface area contributed by atoms with Crippen molar-refractivity contribution < 1.29 is 4.74 Å². The first-order valence-corrected chi connectivity index (χ1v) is 6.32. The van der Waals surface area contributed by atoms with E-state index in [2.05, 4.69) is 10.4 Å². The number of pyridine rings is 1. The van der Waals surface area contributed by atoms with Gasteiger partial charge in [-0.1, -0.05) is 29.3 Å². The third-order valence-corrected chi connectivity index (χ3v) is 3.53. The molecule has 0 bridgehead atoms. The van der Waals surface area contributed by atoms with E-state index in [-0.39, 0.29) is 6.04 Å². The Morgan fingerprint density at radius 1 is 1.26 bits per heavy atom. The zero-order valence-corrected chi connectivity index (χ0v) is 11.7. The molecule has 0 fully saturated rings.